The summed E-state index contributed by atoms with van der Waals surface area (Å²) in [5, 5.41) is 14.1. The molecule has 32 heavy (non-hydrogen) atoms. The predicted molar refractivity (Wildman–Crippen MR) is 109 cm³/mol. The molecule has 0 saturated carbocycles. The third-order valence-corrected chi connectivity index (χ3v) is 4.74. The van der Waals surface area contributed by atoms with Crippen molar-refractivity contribution < 1.29 is 22.7 Å². The van der Waals surface area contributed by atoms with Crippen LogP contribution >= 0.6 is 11.6 Å². The van der Waals surface area contributed by atoms with E-state index in [1.807, 2.05) is 0 Å². The zero-order valence-corrected chi connectivity index (χ0v) is 17.4. The summed E-state index contributed by atoms with van der Waals surface area (Å²) in [4.78, 5) is 11.9. The van der Waals surface area contributed by atoms with Gasteiger partial charge in [0.25, 0.3) is 0 Å². The van der Waals surface area contributed by atoms with Crippen molar-refractivity contribution in [3.8, 4) is 22.4 Å². The molecule has 4 rings (SSSR count). The van der Waals surface area contributed by atoms with E-state index in [-0.39, 0.29) is 34.2 Å². The third kappa shape index (κ3) is 3.96. The van der Waals surface area contributed by atoms with Gasteiger partial charge in [-0.3, -0.25) is 0 Å². The minimum Gasteiger partial charge on any atom is -0.382 e. The molecule has 0 atom stereocenters. The van der Waals surface area contributed by atoms with Crippen LogP contribution in [0.1, 0.15) is 25.4 Å². The summed E-state index contributed by atoms with van der Waals surface area (Å²) in [5.74, 6) is -0.676. The molecule has 1 aromatic carbocycles. The van der Waals surface area contributed by atoms with E-state index in [0.717, 1.165) is 10.6 Å². The van der Waals surface area contributed by atoms with Crippen LogP contribution < -0.4 is 5.73 Å². The van der Waals surface area contributed by atoms with Crippen molar-refractivity contribution >= 4 is 23.2 Å². The van der Waals surface area contributed by atoms with Crippen molar-refractivity contribution in [3.63, 3.8) is 0 Å². The summed E-state index contributed by atoms with van der Waals surface area (Å²) >= 11 is 5.90. The van der Waals surface area contributed by atoms with E-state index < -0.39 is 28.4 Å². The van der Waals surface area contributed by atoms with Crippen LogP contribution in [0.4, 0.5) is 23.5 Å². The number of nitrogens with two attached hydrogens (primary N) is 1. The number of aromatic nitrogens is 5. The van der Waals surface area contributed by atoms with E-state index in [1.54, 1.807) is 0 Å². The topological polar surface area (TPSA) is 102 Å². The zero-order chi connectivity index (χ0) is 23.4. The van der Waals surface area contributed by atoms with Crippen LogP contribution in [-0.2, 0) is 11.8 Å². The number of rotatable bonds is 3. The maximum absolute atomic E-state index is 13.5. The molecule has 0 saturated heterocycles. The number of hydrogen-bond acceptors (Lipinski definition) is 6. The Hall–Kier alpha value is -3.31. The molecule has 0 fully saturated rings. The lowest BCUT2D eigenvalue weighted by Crippen LogP contribution is -2.17. The molecule has 0 amide bonds. The van der Waals surface area contributed by atoms with Gasteiger partial charge in [-0.15, -0.1) is 5.10 Å². The molecule has 3 N–H and O–H groups in total. The molecule has 0 spiro atoms. The Kier molecular flexibility index (Phi) is 5.05. The highest BCUT2D eigenvalue weighted by atomic mass is 35.5. The van der Waals surface area contributed by atoms with Gasteiger partial charge in [0.05, 0.1) is 11.3 Å². The lowest BCUT2D eigenvalue weighted by molar-refractivity contribution is -0.141. The van der Waals surface area contributed by atoms with Gasteiger partial charge in [0, 0.05) is 5.56 Å². The summed E-state index contributed by atoms with van der Waals surface area (Å²) in [6, 6.07) is 7.16. The highest BCUT2D eigenvalue weighted by Gasteiger charge is 2.34. The van der Waals surface area contributed by atoms with Crippen LogP contribution in [0.3, 0.4) is 0 Å². The van der Waals surface area contributed by atoms with E-state index in [0.29, 0.717) is 5.56 Å². The molecule has 0 aliphatic rings. The summed E-state index contributed by atoms with van der Waals surface area (Å²) in [6.07, 6.45) is -4.76. The maximum Gasteiger partial charge on any atom is 0.433 e. The van der Waals surface area contributed by atoms with E-state index in [4.69, 9.17) is 17.3 Å². The van der Waals surface area contributed by atoms with Gasteiger partial charge in [-0.1, -0.05) is 11.6 Å². The first-order chi connectivity index (χ1) is 14.8. The first-order valence-corrected chi connectivity index (χ1v) is 9.52. The number of nitrogens with zero attached hydrogens (tertiary/aromatic N) is 5. The molecule has 0 aliphatic carbocycles. The molecule has 7 nitrogen and oxygen atoms in total. The summed E-state index contributed by atoms with van der Waals surface area (Å²) in [7, 11) is 0. The van der Waals surface area contributed by atoms with Crippen molar-refractivity contribution in [1.82, 2.24) is 24.6 Å². The lowest BCUT2D eigenvalue weighted by Gasteiger charge is -2.14. The molecular weight excluding hydrogens is 452 g/mol. The summed E-state index contributed by atoms with van der Waals surface area (Å²) in [5.41, 5.74) is 3.95. The van der Waals surface area contributed by atoms with Gasteiger partial charge < -0.3 is 10.8 Å². The molecule has 3 aromatic heterocycles. The van der Waals surface area contributed by atoms with E-state index in [9.17, 15) is 22.7 Å². The normalized spacial score (nSPS) is 12.5. The van der Waals surface area contributed by atoms with Gasteiger partial charge in [-0.2, -0.15) is 17.7 Å². The van der Waals surface area contributed by atoms with Crippen molar-refractivity contribution in [2.24, 2.45) is 0 Å². The molecule has 0 aliphatic heterocycles. The zero-order valence-electron chi connectivity index (χ0n) is 16.6. The predicted octanol–water partition coefficient (Wildman–Crippen LogP) is 4.47. The van der Waals surface area contributed by atoms with Crippen molar-refractivity contribution in [2.45, 2.75) is 25.6 Å². The van der Waals surface area contributed by atoms with E-state index >= 15 is 0 Å². The van der Waals surface area contributed by atoms with E-state index in [2.05, 4.69) is 20.1 Å². The Labute approximate surface area is 183 Å². The Balaban J connectivity index is 2.12. The fraction of sp³-hybridized carbons (Fsp3) is 0.200. The quantitative estimate of drug-likeness (QED) is 0.341. The smallest absolute Gasteiger partial charge is 0.382 e. The van der Waals surface area contributed by atoms with Crippen LogP contribution in [0.5, 0.6) is 0 Å². The minimum atomic E-state index is -4.76. The van der Waals surface area contributed by atoms with Gasteiger partial charge in [0.2, 0.25) is 5.95 Å². The number of hydrogen-bond donors (Lipinski definition) is 2. The number of nitrogen functional groups attached to an aromatic ring is 1. The maximum atomic E-state index is 13.5. The largest absolute Gasteiger partial charge is 0.433 e. The molecule has 0 bridgehead atoms. The molecule has 0 radical (unpaired) electrons. The van der Waals surface area contributed by atoms with Gasteiger partial charge in [0.15, 0.2) is 11.5 Å². The minimum absolute atomic E-state index is 0.0103. The van der Waals surface area contributed by atoms with Gasteiger partial charge >= 0.3 is 6.18 Å². The molecule has 4 aromatic rings. The Morgan fingerprint density at radius 3 is 2.25 bits per heavy atom. The number of anilines is 1. The highest BCUT2D eigenvalue weighted by molar-refractivity contribution is 6.29. The highest BCUT2D eigenvalue weighted by Crippen LogP contribution is 2.39. The standard InChI is InChI=1S/C20H15ClF4N6O/c1-19(2,32)17-29-16-14(10-7-12(20(23,24)25)27-13(21)8-10)15(28-18(26)31(16)30-17)9-3-5-11(22)6-4-9/h3-8,32H,1-2H3,(H2,26,28). The number of aliphatic hydroxyl groups is 1. The van der Waals surface area contributed by atoms with Crippen LogP contribution in [0.15, 0.2) is 36.4 Å². The summed E-state index contributed by atoms with van der Waals surface area (Å²) < 4.78 is 54.8. The van der Waals surface area contributed by atoms with Crippen molar-refractivity contribution in [1.29, 1.82) is 0 Å². The Morgan fingerprint density at radius 2 is 1.66 bits per heavy atom. The van der Waals surface area contributed by atoms with Gasteiger partial charge in [0.1, 0.15) is 22.3 Å². The van der Waals surface area contributed by atoms with Gasteiger partial charge in [-0.25, -0.2) is 19.3 Å². The number of halogens is 5. The number of benzene rings is 1. The Morgan fingerprint density at radius 1 is 1.00 bits per heavy atom. The van der Waals surface area contributed by atoms with Crippen molar-refractivity contribution in [3.05, 3.63) is 58.9 Å². The number of pyridine rings is 1. The molecule has 0 unspecified atom stereocenters. The fourth-order valence-corrected chi connectivity index (χ4v) is 3.29. The van der Waals surface area contributed by atoms with Crippen LogP contribution in [-0.4, -0.2) is 29.7 Å². The molecular formula is C20H15ClF4N6O. The molecule has 12 heteroatoms. The lowest BCUT2D eigenvalue weighted by atomic mass is 10.00. The van der Waals surface area contributed by atoms with Crippen LogP contribution in [0, 0.1) is 5.82 Å². The SMILES string of the molecule is CC(C)(O)c1nc2c(-c3cc(Cl)nc(C(F)(F)F)c3)c(-c3ccc(F)cc3)nc(N)n2n1. The Bertz CT molecular complexity index is 1330. The molecule has 166 valence electrons. The molecule has 3 heterocycles. The van der Waals surface area contributed by atoms with E-state index in [1.165, 1.54) is 44.2 Å². The second-order valence-electron chi connectivity index (χ2n) is 7.49. The van der Waals surface area contributed by atoms with Gasteiger partial charge in [-0.05, 0) is 55.8 Å². The number of alkyl halides is 3. The second-order valence-corrected chi connectivity index (χ2v) is 7.88. The monoisotopic (exact) mass is 466 g/mol. The average molecular weight is 467 g/mol. The summed E-state index contributed by atoms with van der Waals surface area (Å²) in [6.45, 7) is 2.88. The second kappa shape index (κ2) is 7.38. The third-order valence-electron chi connectivity index (χ3n) is 4.55. The first-order valence-electron chi connectivity index (χ1n) is 9.15. The average Bonchev–Trinajstić information content (AvgIpc) is 3.13. The van der Waals surface area contributed by atoms with Crippen LogP contribution in [0.25, 0.3) is 28.0 Å². The first kappa shape index (κ1) is 21.9. The number of fused-ring (bicyclic) bond motifs is 1. The van der Waals surface area contributed by atoms with Crippen LogP contribution in [0.2, 0.25) is 5.15 Å². The van der Waals surface area contributed by atoms with Crippen molar-refractivity contribution in [2.75, 3.05) is 5.73 Å². The fourth-order valence-electron chi connectivity index (χ4n) is 3.09.